The van der Waals surface area contributed by atoms with Crippen molar-refractivity contribution in [1.82, 2.24) is 0 Å². The highest BCUT2D eigenvalue weighted by Crippen LogP contribution is 2.29. The highest BCUT2D eigenvalue weighted by Gasteiger charge is 2.30. The van der Waals surface area contributed by atoms with Crippen LogP contribution in [-0.4, -0.2) is 22.9 Å². The Morgan fingerprint density at radius 2 is 1.79 bits per heavy atom. The SMILES string of the molecule is CC(OC(=O)c1ccc(C(F)(F)F)cc1)C(=O)Nc1ccc([N+](=O)[O-])cc1Cl. The topological polar surface area (TPSA) is 98.5 Å². The van der Waals surface area contributed by atoms with Gasteiger partial charge in [-0.25, -0.2) is 4.79 Å². The molecule has 2 aromatic carbocycles. The van der Waals surface area contributed by atoms with E-state index in [2.05, 4.69) is 5.32 Å². The lowest BCUT2D eigenvalue weighted by molar-refractivity contribution is -0.384. The van der Waals surface area contributed by atoms with Crippen LogP contribution in [0.3, 0.4) is 0 Å². The number of carbonyl (C=O) groups excluding carboxylic acids is 2. The van der Waals surface area contributed by atoms with Crippen molar-refractivity contribution < 1.29 is 32.4 Å². The largest absolute Gasteiger partial charge is 0.449 e. The van der Waals surface area contributed by atoms with Gasteiger partial charge in [0.15, 0.2) is 6.10 Å². The molecule has 0 aliphatic rings. The van der Waals surface area contributed by atoms with Crippen molar-refractivity contribution in [3.8, 4) is 0 Å². The standard InChI is InChI=1S/C17H12ClF3N2O5/c1-9(15(24)22-14-7-6-12(23(26)27)8-13(14)18)28-16(25)10-2-4-11(5-3-10)17(19,20)21/h2-9H,1H3,(H,22,24). The Balaban J connectivity index is 2.02. The van der Waals surface area contributed by atoms with Gasteiger partial charge in [-0.2, -0.15) is 13.2 Å². The van der Waals surface area contributed by atoms with Crippen LogP contribution in [0, 0.1) is 10.1 Å². The van der Waals surface area contributed by atoms with Crippen molar-refractivity contribution in [3.05, 3.63) is 68.7 Å². The maximum atomic E-state index is 12.5. The van der Waals surface area contributed by atoms with Gasteiger partial charge < -0.3 is 10.1 Å². The number of nitro benzene ring substituents is 1. The molecule has 0 bridgehead atoms. The lowest BCUT2D eigenvalue weighted by Gasteiger charge is -2.14. The van der Waals surface area contributed by atoms with Gasteiger partial charge in [0.05, 0.1) is 26.8 Å². The van der Waals surface area contributed by atoms with E-state index in [1.807, 2.05) is 0 Å². The third kappa shape index (κ3) is 5.19. The number of alkyl halides is 3. The van der Waals surface area contributed by atoms with Gasteiger partial charge in [0.25, 0.3) is 11.6 Å². The Hall–Kier alpha value is -3.14. The normalized spacial score (nSPS) is 12.2. The van der Waals surface area contributed by atoms with Crippen LogP contribution in [0.2, 0.25) is 5.02 Å². The van der Waals surface area contributed by atoms with E-state index in [0.29, 0.717) is 0 Å². The van der Waals surface area contributed by atoms with Crippen molar-refractivity contribution in [3.63, 3.8) is 0 Å². The Kier molecular flexibility index (Phi) is 6.24. The number of hydrogen-bond donors (Lipinski definition) is 1. The summed E-state index contributed by atoms with van der Waals surface area (Å²) < 4.78 is 42.5. The van der Waals surface area contributed by atoms with E-state index in [1.54, 1.807) is 0 Å². The molecule has 28 heavy (non-hydrogen) atoms. The molecule has 0 spiro atoms. The second-order valence-electron chi connectivity index (χ2n) is 5.53. The maximum absolute atomic E-state index is 12.5. The van der Waals surface area contributed by atoms with Gasteiger partial charge in [-0.1, -0.05) is 11.6 Å². The molecule has 1 N–H and O–H groups in total. The number of carbonyl (C=O) groups is 2. The van der Waals surface area contributed by atoms with Gasteiger partial charge in [0.2, 0.25) is 0 Å². The minimum atomic E-state index is -4.54. The van der Waals surface area contributed by atoms with E-state index in [1.165, 1.54) is 13.0 Å². The van der Waals surface area contributed by atoms with Crippen LogP contribution >= 0.6 is 11.6 Å². The van der Waals surface area contributed by atoms with E-state index in [0.717, 1.165) is 36.4 Å². The lowest BCUT2D eigenvalue weighted by atomic mass is 10.1. The smallest absolute Gasteiger partial charge is 0.416 e. The molecule has 0 saturated heterocycles. The van der Waals surface area contributed by atoms with Crippen molar-refractivity contribution in [2.75, 3.05) is 5.32 Å². The Morgan fingerprint density at radius 3 is 2.29 bits per heavy atom. The molecule has 2 rings (SSSR count). The quantitative estimate of drug-likeness (QED) is 0.441. The van der Waals surface area contributed by atoms with Crippen molar-refractivity contribution in [2.45, 2.75) is 19.2 Å². The summed E-state index contributed by atoms with van der Waals surface area (Å²) in [4.78, 5) is 34.1. The molecule has 11 heteroatoms. The molecule has 1 unspecified atom stereocenters. The fraction of sp³-hybridized carbons (Fsp3) is 0.176. The Bertz CT molecular complexity index is 916. The highest BCUT2D eigenvalue weighted by atomic mass is 35.5. The predicted molar refractivity (Wildman–Crippen MR) is 93.1 cm³/mol. The zero-order valence-corrected chi connectivity index (χ0v) is 14.9. The van der Waals surface area contributed by atoms with Crippen LogP contribution in [0.1, 0.15) is 22.8 Å². The van der Waals surface area contributed by atoms with Crippen molar-refractivity contribution in [2.24, 2.45) is 0 Å². The molecular formula is C17H12ClF3N2O5. The van der Waals surface area contributed by atoms with E-state index in [9.17, 15) is 32.9 Å². The summed E-state index contributed by atoms with van der Waals surface area (Å²) in [5.41, 5.74) is -1.30. The summed E-state index contributed by atoms with van der Waals surface area (Å²) in [7, 11) is 0. The number of nitrogens with one attached hydrogen (secondary N) is 1. The van der Waals surface area contributed by atoms with E-state index >= 15 is 0 Å². The number of benzene rings is 2. The number of nitro groups is 1. The van der Waals surface area contributed by atoms with Crippen LogP contribution in [0.5, 0.6) is 0 Å². The zero-order chi connectivity index (χ0) is 21.1. The van der Waals surface area contributed by atoms with Crippen LogP contribution < -0.4 is 5.32 Å². The van der Waals surface area contributed by atoms with Gasteiger partial charge in [-0.05, 0) is 37.3 Å². The average Bonchev–Trinajstić information content (AvgIpc) is 2.62. The maximum Gasteiger partial charge on any atom is 0.416 e. The number of hydrogen-bond acceptors (Lipinski definition) is 5. The lowest BCUT2D eigenvalue weighted by Crippen LogP contribution is -2.30. The molecule has 0 radical (unpaired) electrons. The first-order chi connectivity index (χ1) is 13.0. The van der Waals surface area contributed by atoms with Gasteiger partial charge in [-0.15, -0.1) is 0 Å². The second-order valence-corrected chi connectivity index (χ2v) is 5.94. The fourth-order valence-corrected chi connectivity index (χ4v) is 2.25. The van der Waals surface area contributed by atoms with E-state index in [4.69, 9.17) is 16.3 Å². The molecular weight excluding hydrogens is 405 g/mol. The summed E-state index contributed by atoms with van der Waals surface area (Å²) in [6.07, 6.45) is -5.85. The minimum absolute atomic E-state index is 0.0645. The Labute approximate surface area is 161 Å². The summed E-state index contributed by atoms with van der Waals surface area (Å²) in [6, 6.07) is 6.68. The predicted octanol–water partition coefficient (Wildman–Crippen LogP) is 4.45. The van der Waals surface area contributed by atoms with Crippen LogP contribution in [0.25, 0.3) is 0 Å². The number of nitrogens with zero attached hydrogens (tertiary/aromatic N) is 1. The number of esters is 1. The number of amides is 1. The summed E-state index contributed by atoms with van der Waals surface area (Å²) in [6.45, 7) is 1.25. The van der Waals surface area contributed by atoms with Crippen LogP contribution in [-0.2, 0) is 15.7 Å². The average molecular weight is 417 g/mol. The molecule has 2 aromatic rings. The third-order valence-corrected chi connectivity index (χ3v) is 3.84. The number of ether oxygens (including phenoxy) is 1. The van der Waals surface area contributed by atoms with Crippen LogP contribution in [0.15, 0.2) is 42.5 Å². The molecule has 7 nitrogen and oxygen atoms in total. The van der Waals surface area contributed by atoms with Gasteiger partial charge >= 0.3 is 12.1 Å². The molecule has 0 heterocycles. The molecule has 148 valence electrons. The van der Waals surface area contributed by atoms with Gasteiger partial charge in [0, 0.05) is 12.1 Å². The van der Waals surface area contributed by atoms with Crippen molar-refractivity contribution in [1.29, 1.82) is 0 Å². The number of rotatable bonds is 5. The first-order valence-corrected chi connectivity index (χ1v) is 8.00. The fourth-order valence-electron chi connectivity index (χ4n) is 2.03. The molecule has 1 amide bonds. The van der Waals surface area contributed by atoms with Crippen molar-refractivity contribution >= 4 is 34.9 Å². The monoisotopic (exact) mass is 416 g/mol. The highest BCUT2D eigenvalue weighted by molar-refractivity contribution is 6.34. The molecule has 0 fully saturated rings. The molecule has 0 aliphatic heterocycles. The summed E-state index contributed by atoms with van der Waals surface area (Å²) in [5, 5.41) is 12.9. The number of halogens is 4. The Morgan fingerprint density at radius 1 is 1.18 bits per heavy atom. The second kappa shape index (κ2) is 8.26. The first kappa shape index (κ1) is 21.2. The molecule has 0 aliphatic carbocycles. The first-order valence-electron chi connectivity index (χ1n) is 7.62. The van der Waals surface area contributed by atoms with Gasteiger partial charge in [-0.3, -0.25) is 14.9 Å². The molecule has 0 aromatic heterocycles. The minimum Gasteiger partial charge on any atom is -0.449 e. The van der Waals surface area contributed by atoms with Crippen LogP contribution in [0.4, 0.5) is 24.5 Å². The van der Waals surface area contributed by atoms with E-state index < -0.39 is 34.6 Å². The van der Waals surface area contributed by atoms with Gasteiger partial charge in [0.1, 0.15) is 0 Å². The molecule has 0 saturated carbocycles. The summed E-state index contributed by atoms with van der Waals surface area (Å²) >= 11 is 5.86. The number of non-ortho nitro benzene ring substituents is 1. The molecule has 1 atom stereocenters. The summed E-state index contributed by atoms with van der Waals surface area (Å²) in [5.74, 6) is -1.78. The zero-order valence-electron chi connectivity index (χ0n) is 14.1. The number of anilines is 1. The third-order valence-electron chi connectivity index (χ3n) is 3.52. The van der Waals surface area contributed by atoms with E-state index in [-0.39, 0.29) is 22.0 Å².